The van der Waals surface area contributed by atoms with E-state index in [4.69, 9.17) is 9.47 Å². The number of Topliss-reactive ketones (excluding diaryl/α,β-unsaturated/α-hetero) is 1. The fourth-order valence-corrected chi connectivity index (χ4v) is 5.24. The Morgan fingerprint density at radius 2 is 1.68 bits per heavy atom. The molecule has 0 aromatic carbocycles. The summed E-state index contributed by atoms with van der Waals surface area (Å²) in [4.78, 5) is 24.4. The number of ketones is 1. The second kappa shape index (κ2) is 4.54. The Morgan fingerprint density at radius 3 is 2.23 bits per heavy atom. The lowest BCUT2D eigenvalue weighted by Crippen LogP contribution is -2.68. The van der Waals surface area contributed by atoms with Crippen molar-refractivity contribution < 1.29 is 24.2 Å². The van der Waals surface area contributed by atoms with Crippen molar-refractivity contribution in [2.75, 3.05) is 13.2 Å². The van der Waals surface area contributed by atoms with Gasteiger partial charge in [0.2, 0.25) is 0 Å². The number of hydrogen-bond donors (Lipinski definition) is 1. The molecular formula is C17H26O5. The summed E-state index contributed by atoms with van der Waals surface area (Å²) < 4.78 is 12.0. The minimum atomic E-state index is -0.986. The zero-order chi connectivity index (χ0) is 16.4. The van der Waals surface area contributed by atoms with Crippen LogP contribution in [0.2, 0.25) is 0 Å². The number of carbonyl (C=O) groups excluding carboxylic acids is 1. The average Bonchev–Trinajstić information content (AvgIpc) is 2.91. The Balaban J connectivity index is 2.06. The van der Waals surface area contributed by atoms with Gasteiger partial charge >= 0.3 is 5.97 Å². The van der Waals surface area contributed by atoms with E-state index in [1.54, 1.807) is 0 Å². The molecule has 3 aliphatic rings. The third-order valence-electron chi connectivity index (χ3n) is 7.35. The van der Waals surface area contributed by atoms with E-state index in [9.17, 15) is 14.7 Å². The fraction of sp³-hybridized carbons (Fsp3) is 0.882. The van der Waals surface area contributed by atoms with Crippen LogP contribution in [0.3, 0.4) is 0 Å². The van der Waals surface area contributed by atoms with E-state index in [0.29, 0.717) is 38.9 Å². The molecule has 1 aliphatic heterocycles. The van der Waals surface area contributed by atoms with Crippen LogP contribution in [-0.2, 0) is 19.1 Å². The lowest BCUT2D eigenvalue weighted by Gasteiger charge is -2.66. The van der Waals surface area contributed by atoms with Gasteiger partial charge in [-0.25, -0.2) is 0 Å². The molecule has 0 bridgehead atoms. The van der Waals surface area contributed by atoms with Gasteiger partial charge in [-0.3, -0.25) is 9.59 Å². The van der Waals surface area contributed by atoms with Crippen LogP contribution in [0.5, 0.6) is 0 Å². The highest BCUT2D eigenvalue weighted by Crippen LogP contribution is 2.69. The van der Waals surface area contributed by atoms with E-state index in [1.165, 1.54) is 0 Å². The van der Waals surface area contributed by atoms with Gasteiger partial charge in [0.15, 0.2) is 11.6 Å². The molecule has 1 heterocycles. The van der Waals surface area contributed by atoms with Gasteiger partial charge in [0.1, 0.15) is 5.92 Å². The molecule has 3 rings (SSSR count). The maximum absolute atomic E-state index is 13.0. The van der Waals surface area contributed by atoms with Gasteiger partial charge in [-0.2, -0.15) is 0 Å². The predicted molar refractivity (Wildman–Crippen MR) is 79.2 cm³/mol. The molecule has 1 spiro atoms. The molecule has 3 unspecified atom stereocenters. The van der Waals surface area contributed by atoms with Gasteiger partial charge in [0, 0.05) is 17.3 Å². The van der Waals surface area contributed by atoms with E-state index < -0.39 is 23.1 Å². The Hall–Kier alpha value is -0.940. The number of carboxylic acids is 1. The summed E-state index contributed by atoms with van der Waals surface area (Å²) in [5.74, 6) is -2.61. The summed E-state index contributed by atoms with van der Waals surface area (Å²) in [7, 11) is 0. The predicted octanol–water partition coefficient (Wildman–Crippen LogP) is 2.63. The van der Waals surface area contributed by atoms with Crippen molar-refractivity contribution in [2.24, 2.45) is 22.2 Å². The van der Waals surface area contributed by atoms with Gasteiger partial charge < -0.3 is 14.6 Å². The number of aliphatic carboxylic acids is 1. The monoisotopic (exact) mass is 310 g/mol. The van der Waals surface area contributed by atoms with E-state index in [2.05, 4.69) is 20.8 Å². The smallest absolute Gasteiger partial charge is 0.314 e. The Morgan fingerprint density at radius 1 is 1.09 bits per heavy atom. The summed E-state index contributed by atoms with van der Waals surface area (Å²) in [5, 5.41) is 9.36. The summed E-state index contributed by atoms with van der Waals surface area (Å²) in [6, 6.07) is 0. The highest BCUT2D eigenvalue weighted by molar-refractivity contribution is 6.02. The molecule has 1 saturated heterocycles. The number of hydrogen-bond acceptors (Lipinski definition) is 4. The minimum absolute atomic E-state index is 0.116. The maximum atomic E-state index is 13.0. The van der Waals surface area contributed by atoms with E-state index in [1.807, 2.05) is 6.92 Å². The largest absolute Gasteiger partial charge is 0.481 e. The Bertz CT molecular complexity index is 519. The van der Waals surface area contributed by atoms with Crippen LogP contribution < -0.4 is 0 Å². The van der Waals surface area contributed by atoms with Crippen LogP contribution in [0.25, 0.3) is 0 Å². The second-order valence-corrected chi connectivity index (χ2v) is 8.03. The summed E-state index contributed by atoms with van der Waals surface area (Å²) in [5.41, 5.74) is -1.34. The van der Waals surface area contributed by atoms with Crippen LogP contribution >= 0.6 is 0 Å². The maximum Gasteiger partial charge on any atom is 0.314 e. The lowest BCUT2D eigenvalue weighted by atomic mass is 9.40. The fourth-order valence-electron chi connectivity index (χ4n) is 5.24. The number of fused-ring (bicyclic) bond motifs is 1. The molecule has 3 fully saturated rings. The first-order chi connectivity index (χ1) is 10.1. The molecule has 2 saturated carbocycles. The highest BCUT2D eigenvalue weighted by atomic mass is 16.7. The highest BCUT2D eigenvalue weighted by Gasteiger charge is 2.71. The molecule has 0 amide bonds. The summed E-state index contributed by atoms with van der Waals surface area (Å²) >= 11 is 0. The zero-order valence-electron chi connectivity index (χ0n) is 13.9. The van der Waals surface area contributed by atoms with Crippen LogP contribution in [-0.4, -0.2) is 35.9 Å². The summed E-state index contributed by atoms with van der Waals surface area (Å²) in [6.45, 7) is 9.47. The van der Waals surface area contributed by atoms with Crippen molar-refractivity contribution >= 4 is 11.8 Å². The number of carboxylic acid groups (broad SMARTS) is 1. The van der Waals surface area contributed by atoms with Crippen LogP contribution in [0.1, 0.15) is 53.4 Å². The Labute approximate surface area is 131 Å². The SMILES string of the molecule is CC12CCC3(OCCO3)C(C)(C)C1(C)CCC(C(=O)O)C2=O. The van der Waals surface area contributed by atoms with Crippen LogP contribution in [0, 0.1) is 22.2 Å². The van der Waals surface area contributed by atoms with Gasteiger partial charge in [0.05, 0.1) is 13.2 Å². The van der Waals surface area contributed by atoms with Gasteiger partial charge in [-0.1, -0.05) is 27.7 Å². The van der Waals surface area contributed by atoms with E-state index >= 15 is 0 Å². The second-order valence-electron chi connectivity index (χ2n) is 8.03. The normalized spacial score (nSPS) is 43.1. The number of ether oxygens (including phenoxy) is 2. The Kier molecular flexibility index (Phi) is 3.29. The minimum Gasteiger partial charge on any atom is -0.481 e. The van der Waals surface area contributed by atoms with Crippen molar-refractivity contribution in [2.45, 2.75) is 59.2 Å². The van der Waals surface area contributed by atoms with E-state index in [-0.39, 0.29) is 16.6 Å². The topological polar surface area (TPSA) is 72.8 Å². The zero-order valence-corrected chi connectivity index (χ0v) is 13.9. The molecule has 5 heteroatoms. The summed E-state index contributed by atoms with van der Waals surface area (Å²) in [6.07, 6.45) is 2.37. The first-order valence-electron chi connectivity index (χ1n) is 8.16. The number of rotatable bonds is 1. The molecule has 22 heavy (non-hydrogen) atoms. The standard InChI is InChI=1S/C17H26O5/c1-14(2)16(4)6-5-11(13(19)20)12(18)15(16,3)7-8-17(14)21-9-10-22-17/h11H,5-10H2,1-4H3,(H,19,20). The van der Waals surface area contributed by atoms with Crippen LogP contribution in [0.15, 0.2) is 0 Å². The van der Waals surface area contributed by atoms with Crippen molar-refractivity contribution in [1.82, 2.24) is 0 Å². The molecule has 3 atom stereocenters. The first kappa shape index (κ1) is 15.9. The third kappa shape index (κ3) is 1.61. The third-order valence-corrected chi connectivity index (χ3v) is 7.35. The van der Waals surface area contributed by atoms with Crippen molar-refractivity contribution in [1.29, 1.82) is 0 Å². The van der Waals surface area contributed by atoms with E-state index in [0.717, 1.165) is 0 Å². The lowest BCUT2D eigenvalue weighted by molar-refractivity contribution is -0.310. The average molecular weight is 310 g/mol. The van der Waals surface area contributed by atoms with Crippen molar-refractivity contribution in [3.05, 3.63) is 0 Å². The number of carbonyl (C=O) groups is 2. The molecule has 124 valence electrons. The van der Waals surface area contributed by atoms with Crippen molar-refractivity contribution in [3.8, 4) is 0 Å². The quantitative estimate of drug-likeness (QED) is 0.754. The van der Waals surface area contributed by atoms with Gasteiger partial charge in [-0.15, -0.1) is 0 Å². The van der Waals surface area contributed by atoms with Crippen LogP contribution in [0.4, 0.5) is 0 Å². The van der Waals surface area contributed by atoms with Gasteiger partial charge in [-0.05, 0) is 24.7 Å². The molecule has 0 aromatic heterocycles. The molecule has 0 radical (unpaired) electrons. The molecule has 0 aromatic rings. The molecule has 5 nitrogen and oxygen atoms in total. The van der Waals surface area contributed by atoms with Crippen molar-refractivity contribution in [3.63, 3.8) is 0 Å². The molecule has 2 aliphatic carbocycles. The first-order valence-corrected chi connectivity index (χ1v) is 8.16. The molecule has 1 N–H and O–H groups in total. The molecular weight excluding hydrogens is 284 g/mol. The van der Waals surface area contributed by atoms with Gasteiger partial charge in [0.25, 0.3) is 0 Å².